The van der Waals surface area contributed by atoms with E-state index in [2.05, 4.69) is 18.0 Å². The zero-order valence-electron chi connectivity index (χ0n) is 20.0. The molecule has 1 N–H and O–H groups in total. The summed E-state index contributed by atoms with van der Waals surface area (Å²) in [6.07, 6.45) is 2.49. The van der Waals surface area contributed by atoms with Gasteiger partial charge in [-0.25, -0.2) is 0 Å². The van der Waals surface area contributed by atoms with Gasteiger partial charge in [0.1, 0.15) is 18.1 Å². The van der Waals surface area contributed by atoms with Gasteiger partial charge in [0, 0.05) is 33.4 Å². The molecule has 0 saturated heterocycles. The van der Waals surface area contributed by atoms with Crippen LogP contribution in [0.3, 0.4) is 0 Å². The van der Waals surface area contributed by atoms with Gasteiger partial charge in [-0.1, -0.05) is 53.5 Å². The van der Waals surface area contributed by atoms with Gasteiger partial charge in [-0.3, -0.25) is 0 Å². The van der Waals surface area contributed by atoms with E-state index >= 15 is 0 Å². The molecular formula is C30H27Cl2NO3. The van der Waals surface area contributed by atoms with Crippen molar-refractivity contribution in [3.8, 4) is 23.0 Å². The minimum absolute atomic E-state index is 0.297. The van der Waals surface area contributed by atoms with Crippen LogP contribution in [0.4, 0.5) is 5.69 Å². The third-order valence-electron chi connectivity index (χ3n) is 5.49. The summed E-state index contributed by atoms with van der Waals surface area (Å²) in [7, 11) is 1.64. The molecule has 184 valence electrons. The van der Waals surface area contributed by atoms with Gasteiger partial charge in [0.2, 0.25) is 0 Å². The van der Waals surface area contributed by atoms with Gasteiger partial charge < -0.3 is 19.5 Å². The Morgan fingerprint density at radius 3 is 2.31 bits per heavy atom. The van der Waals surface area contributed by atoms with Crippen LogP contribution in [0.25, 0.3) is 0 Å². The molecule has 0 radical (unpaired) electrons. The summed E-state index contributed by atoms with van der Waals surface area (Å²) in [5.41, 5.74) is 3.87. The van der Waals surface area contributed by atoms with Crippen LogP contribution in [-0.4, -0.2) is 7.11 Å². The van der Waals surface area contributed by atoms with E-state index in [-0.39, 0.29) is 0 Å². The summed E-state index contributed by atoms with van der Waals surface area (Å²) >= 11 is 12.3. The van der Waals surface area contributed by atoms with Crippen LogP contribution in [0, 0.1) is 0 Å². The maximum atomic E-state index is 6.32. The summed E-state index contributed by atoms with van der Waals surface area (Å²) in [4.78, 5) is 0. The normalized spacial score (nSPS) is 10.5. The molecule has 4 aromatic rings. The highest BCUT2D eigenvalue weighted by Gasteiger charge is 2.14. The molecule has 4 rings (SSSR count). The van der Waals surface area contributed by atoms with Crippen molar-refractivity contribution >= 4 is 28.9 Å². The number of rotatable bonds is 11. The molecule has 0 fully saturated rings. The lowest BCUT2D eigenvalue weighted by atomic mass is 10.1. The second-order valence-corrected chi connectivity index (χ2v) is 8.94. The largest absolute Gasteiger partial charge is 0.493 e. The number of ether oxygens (including phenoxy) is 3. The maximum absolute atomic E-state index is 6.32. The van der Waals surface area contributed by atoms with Gasteiger partial charge in [-0.05, 0) is 72.6 Å². The van der Waals surface area contributed by atoms with Crippen LogP contribution in [-0.2, 0) is 19.6 Å². The van der Waals surface area contributed by atoms with E-state index in [1.165, 1.54) is 0 Å². The number of halogens is 2. The van der Waals surface area contributed by atoms with Crippen molar-refractivity contribution in [3.63, 3.8) is 0 Å². The summed E-state index contributed by atoms with van der Waals surface area (Å²) in [5, 5.41) is 4.60. The first-order valence-electron chi connectivity index (χ1n) is 11.5. The average molecular weight is 520 g/mol. The monoisotopic (exact) mass is 519 g/mol. The van der Waals surface area contributed by atoms with E-state index < -0.39 is 0 Å². The minimum Gasteiger partial charge on any atom is -0.493 e. The molecule has 0 aromatic heterocycles. The van der Waals surface area contributed by atoms with Crippen LogP contribution in [0.2, 0.25) is 10.0 Å². The lowest BCUT2D eigenvalue weighted by Crippen LogP contribution is -2.05. The van der Waals surface area contributed by atoms with Gasteiger partial charge in [0.05, 0.1) is 7.11 Å². The Labute approximate surface area is 222 Å². The van der Waals surface area contributed by atoms with E-state index in [0.717, 1.165) is 33.9 Å². The lowest BCUT2D eigenvalue weighted by molar-refractivity contribution is 0.282. The third kappa shape index (κ3) is 6.75. The second-order valence-electron chi connectivity index (χ2n) is 8.10. The van der Waals surface area contributed by atoms with E-state index in [1.807, 2.05) is 72.8 Å². The molecule has 0 atom stereocenters. The number of benzene rings is 4. The summed E-state index contributed by atoms with van der Waals surface area (Å²) in [6, 6.07) is 27.0. The lowest BCUT2D eigenvalue weighted by Gasteiger charge is -2.18. The summed E-state index contributed by atoms with van der Waals surface area (Å²) in [5.74, 6) is 2.92. The molecule has 4 aromatic carbocycles. The fourth-order valence-corrected chi connectivity index (χ4v) is 4.17. The van der Waals surface area contributed by atoms with E-state index in [0.29, 0.717) is 41.1 Å². The van der Waals surface area contributed by atoms with Crippen molar-refractivity contribution in [3.05, 3.63) is 124 Å². The Morgan fingerprint density at radius 1 is 0.861 bits per heavy atom. The number of allylic oxidation sites excluding steroid dienone is 1. The van der Waals surface area contributed by atoms with Crippen molar-refractivity contribution in [2.45, 2.75) is 19.6 Å². The maximum Gasteiger partial charge on any atom is 0.165 e. The number of hydrogen-bond acceptors (Lipinski definition) is 4. The van der Waals surface area contributed by atoms with Crippen molar-refractivity contribution in [1.29, 1.82) is 0 Å². The average Bonchev–Trinajstić information content (AvgIpc) is 2.89. The predicted octanol–water partition coefficient (Wildman–Crippen LogP) is 8.71. The number of anilines is 1. The molecule has 0 heterocycles. The van der Waals surface area contributed by atoms with Gasteiger partial charge >= 0.3 is 0 Å². The fourth-order valence-electron chi connectivity index (χ4n) is 3.71. The minimum atomic E-state index is 0.297. The van der Waals surface area contributed by atoms with E-state index in [1.54, 1.807) is 19.2 Å². The van der Waals surface area contributed by atoms with Crippen molar-refractivity contribution in [2.24, 2.45) is 0 Å². The Kier molecular flexibility index (Phi) is 8.77. The van der Waals surface area contributed by atoms with Gasteiger partial charge in [-0.15, -0.1) is 6.58 Å². The van der Waals surface area contributed by atoms with Crippen molar-refractivity contribution < 1.29 is 14.2 Å². The molecule has 0 spiro atoms. The van der Waals surface area contributed by atoms with Crippen LogP contribution in [0.15, 0.2) is 97.6 Å². The molecule has 6 heteroatoms. The van der Waals surface area contributed by atoms with Crippen LogP contribution in [0.1, 0.15) is 16.7 Å². The molecule has 0 unspecified atom stereocenters. The molecule has 0 saturated carbocycles. The van der Waals surface area contributed by atoms with Crippen LogP contribution >= 0.6 is 23.2 Å². The van der Waals surface area contributed by atoms with E-state index in [9.17, 15) is 0 Å². The highest BCUT2D eigenvalue weighted by molar-refractivity contribution is 6.35. The molecule has 0 amide bonds. The van der Waals surface area contributed by atoms with Crippen LogP contribution < -0.4 is 19.5 Å². The molecular weight excluding hydrogens is 493 g/mol. The zero-order chi connectivity index (χ0) is 25.3. The second kappa shape index (κ2) is 12.4. The SMILES string of the molecule is C=CCc1cc(CNc2ccc(Oc3ccccc3)cc2)cc(OC)c1OCc1ccc(Cl)cc1Cl. The third-order valence-corrected chi connectivity index (χ3v) is 6.08. The van der Waals surface area contributed by atoms with Crippen molar-refractivity contribution in [1.82, 2.24) is 0 Å². The van der Waals surface area contributed by atoms with Crippen molar-refractivity contribution in [2.75, 3.05) is 12.4 Å². The number of para-hydroxylation sites is 1. The predicted molar refractivity (Wildman–Crippen MR) is 148 cm³/mol. The quantitative estimate of drug-likeness (QED) is 0.201. The fraction of sp³-hybridized carbons (Fsp3) is 0.133. The Balaban J connectivity index is 1.45. The molecule has 0 aliphatic heterocycles. The first-order chi connectivity index (χ1) is 17.6. The highest BCUT2D eigenvalue weighted by Crippen LogP contribution is 2.35. The first kappa shape index (κ1) is 25.5. The van der Waals surface area contributed by atoms with Crippen LogP contribution in [0.5, 0.6) is 23.0 Å². The molecule has 0 aliphatic carbocycles. The topological polar surface area (TPSA) is 39.7 Å². The molecule has 4 nitrogen and oxygen atoms in total. The Morgan fingerprint density at radius 2 is 1.61 bits per heavy atom. The smallest absolute Gasteiger partial charge is 0.165 e. The Hall–Kier alpha value is -3.60. The summed E-state index contributed by atoms with van der Waals surface area (Å²) < 4.78 is 17.7. The molecule has 36 heavy (non-hydrogen) atoms. The highest BCUT2D eigenvalue weighted by atomic mass is 35.5. The standard InChI is InChI=1S/C30H27Cl2NO3/c1-3-7-22-16-21(17-29(34-2)30(22)35-20-23-10-11-24(31)18-28(23)32)19-33-25-12-14-27(15-13-25)36-26-8-5-4-6-9-26/h3-6,8-18,33H,1,7,19-20H2,2H3. The number of nitrogens with one attached hydrogen (secondary N) is 1. The van der Waals surface area contributed by atoms with Gasteiger partial charge in [0.25, 0.3) is 0 Å². The number of methoxy groups -OCH3 is 1. The first-order valence-corrected chi connectivity index (χ1v) is 12.3. The van der Waals surface area contributed by atoms with Gasteiger partial charge in [-0.2, -0.15) is 0 Å². The van der Waals surface area contributed by atoms with Gasteiger partial charge in [0.15, 0.2) is 11.5 Å². The Bertz CT molecular complexity index is 1310. The van der Waals surface area contributed by atoms with E-state index in [4.69, 9.17) is 37.4 Å². The molecule has 0 bridgehead atoms. The molecule has 0 aliphatic rings. The zero-order valence-corrected chi connectivity index (χ0v) is 21.5. The number of hydrogen-bond donors (Lipinski definition) is 1. The summed E-state index contributed by atoms with van der Waals surface area (Å²) in [6.45, 7) is 4.81.